The van der Waals surface area contributed by atoms with E-state index in [0.29, 0.717) is 12.2 Å². The Morgan fingerprint density at radius 1 is 1.25 bits per heavy atom. The molecule has 0 unspecified atom stereocenters. The van der Waals surface area contributed by atoms with Crippen molar-refractivity contribution in [2.24, 2.45) is 0 Å². The maximum Gasteiger partial charge on any atom is 0.273 e. The fourth-order valence-corrected chi connectivity index (χ4v) is 4.07. The highest BCUT2D eigenvalue weighted by atomic mass is 32.1. The topological polar surface area (TPSA) is 51.7 Å². The molecule has 0 N–H and O–H groups in total. The van der Waals surface area contributed by atoms with E-state index in [2.05, 4.69) is 4.98 Å². The van der Waals surface area contributed by atoms with Gasteiger partial charge in [0.15, 0.2) is 11.5 Å². The molecule has 4 rings (SSSR count). The lowest BCUT2D eigenvalue weighted by atomic mass is 10.2. The number of hydrogen-bond donors (Lipinski definition) is 0. The normalized spacial score (nSPS) is 12.4. The first kappa shape index (κ1) is 15.2. The van der Waals surface area contributed by atoms with Crippen molar-refractivity contribution in [3.63, 3.8) is 0 Å². The van der Waals surface area contributed by atoms with Crippen molar-refractivity contribution in [1.82, 2.24) is 9.88 Å². The molecule has 0 radical (unpaired) electrons. The SMILES string of the molecule is CN(Cc1ccc2c(c1)OCO2)C(=O)c1csc(-c2cccs2)n1. The van der Waals surface area contributed by atoms with Gasteiger partial charge < -0.3 is 14.4 Å². The molecule has 1 amide bonds. The van der Waals surface area contributed by atoms with Crippen LogP contribution in [0.1, 0.15) is 16.1 Å². The van der Waals surface area contributed by atoms with E-state index in [9.17, 15) is 4.79 Å². The Labute approximate surface area is 147 Å². The predicted molar refractivity (Wildman–Crippen MR) is 93.8 cm³/mol. The number of hydrogen-bond acceptors (Lipinski definition) is 6. The maximum absolute atomic E-state index is 12.6. The molecule has 1 aliphatic heterocycles. The van der Waals surface area contributed by atoms with Gasteiger partial charge in [0.2, 0.25) is 6.79 Å². The number of carbonyl (C=O) groups excluding carboxylic acids is 1. The molecular formula is C17H14N2O3S2. The summed E-state index contributed by atoms with van der Waals surface area (Å²) in [7, 11) is 1.77. The van der Waals surface area contributed by atoms with Gasteiger partial charge in [-0.25, -0.2) is 4.98 Å². The molecule has 24 heavy (non-hydrogen) atoms. The second-order valence-electron chi connectivity index (χ2n) is 5.36. The van der Waals surface area contributed by atoms with Crippen LogP contribution in [-0.2, 0) is 6.54 Å². The Bertz CT molecular complexity index is 874. The van der Waals surface area contributed by atoms with Gasteiger partial charge in [0.25, 0.3) is 5.91 Å². The number of rotatable bonds is 4. The number of thiophene rings is 1. The second kappa shape index (κ2) is 6.26. The van der Waals surface area contributed by atoms with Crippen LogP contribution in [0.2, 0.25) is 0 Å². The molecule has 1 aromatic carbocycles. The Morgan fingerprint density at radius 3 is 2.96 bits per heavy atom. The lowest BCUT2D eigenvalue weighted by molar-refractivity contribution is 0.0780. The Kier molecular flexibility index (Phi) is 3.95. The van der Waals surface area contributed by atoms with Gasteiger partial charge in [-0.2, -0.15) is 0 Å². The van der Waals surface area contributed by atoms with Crippen molar-refractivity contribution < 1.29 is 14.3 Å². The number of aromatic nitrogens is 1. The fraction of sp³-hybridized carbons (Fsp3) is 0.176. The molecule has 0 bridgehead atoms. The first-order valence-electron chi connectivity index (χ1n) is 7.34. The molecule has 1 aliphatic rings. The van der Waals surface area contributed by atoms with E-state index >= 15 is 0 Å². The van der Waals surface area contributed by atoms with Crippen molar-refractivity contribution in [1.29, 1.82) is 0 Å². The molecule has 0 fully saturated rings. The highest BCUT2D eigenvalue weighted by Gasteiger charge is 2.18. The van der Waals surface area contributed by atoms with Gasteiger partial charge in [-0.3, -0.25) is 4.79 Å². The first-order valence-corrected chi connectivity index (χ1v) is 9.10. The molecule has 3 aromatic rings. The number of amides is 1. The molecule has 0 atom stereocenters. The van der Waals surface area contributed by atoms with Crippen molar-refractivity contribution in [3.8, 4) is 21.4 Å². The molecule has 7 heteroatoms. The Balaban J connectivity index is 1.48. The van der Waals surface area contributed by atoms with E-state index in [4.69, 9.17) is 9.47 Å². The first-order chi connectivity index (χ1) is 11.7. The third kappa shape index (κ3) is 2.88. The summed E-state index contributed by atoms with van der Waals surface area (Å²) in [5.41, 5.74) is 1.47. The number of nitrogens with zero attached hydrogens (tertiary/aromatic N) is 2. The summed E-state index contributed by atoms with van der Waals surface area (Å²) in [6.45, 7) is 0.735. The van der Waals surface area contributed by atoms with Gasteiger partial charge in [0, 0.05) is 19.0 Å². The van der Waals surface area contributed by atoms with Crippen molar-refractivity contribution in [3.05, 3.63) is 52.3 Å². The van der Waals surface area contributed by atoms with Crippen LogP contribution >= 0.6 is 22.7 Å². The summed E-state index contributed by atoms with van der Waals surface area (Å²) in [5, 5.41) is 4.70. The quantitative estimate of drug-likeness (QED) is 0.710. The Morgan fingerprint density at radius 2 is 2.12 bits per heavy atom. The zero-order valence-corrected chi connectivity index (χ0v) is 14.5. The predicted octanol–water partition coefficient (Wildman–Crippen LogP) is 3.87. The molecule has 3 heterocycles. The van der Waals surface area contributed by atoms with Gasteiger partial charge in [-0.15, -0.1) is 22.7 Å². The lowest BCUT2D eigenvalue weighted by Crippen LogP contribution is -2.26. The smallest absolute Gasteiger partial charge is 0.273 e. The number of benzene rings is 1. The summed E-state index contributed by atoms with van der Waals surface area (Å²) < 4.78 is 10.7. The van der Waals surface area contributed by atoms with Crippen molar-refractivity contribution in [2.75, 3.05) is 13.8 Å². The molecule has 2 aromatic heterocycles. The Hall–Kier alpha value is -2.38. The number of carbonyl (C=O) groups is 1. The summed E-state index contributed by atoms with van der Waals surface area (Å²) in [6.07, 6.45) is 0. The minimum Gasteiger partial charge on any atom is -0.454 e. The largest absolute Gasteiger partial charge is 0.454 e. The number of ether oxygens (including phenoxy) is 2. The standard InChI is InChI=1S/C17H14N2O3S2/c1-19(8-11-4-5-13-14(7-11)22-10-21-13)17(20)12-9-24-16(18-12)15-3-2-6-23-15/h2-7,9H,8,10H2,1H3. The zero-order valence-electron chi connectivity index (χ0n) is 12.9. The van der Waals surface area contributed by atoms with Crippen LogP contribution in [0, 0.1) is 0 Å². The van der Waals surface area contributed by atoms with E-state index in [-0.39, 0.29) is 12.7 Å². The lowest BCUT2D eigenvalue weighted by Gasteiger charge is -2.16. The molecule has 0 saturated carbocycles. The molecule has 0 spiro atoms. The highest BCUT2D eigenvalue weighted by molar-refractivity contribution is 7.20. The maximum atomic E-state index is 12.6. The summed E-state index contributed by atoms with van der Waals surface area (Å²) in [6, 6.07) is 9.70. The van der Waals surface area contributed by atoms with E-state index in [1.165, 1.54) is 11.3 Å². The van der Waals surface area contributed by atoms with Crippen molar-refractivity contribution >= 4 is 28.6 Å². The number of fused-ring (bicyclic) bond motifs is 1. The molecule has 0 saturated heterocycles. The van der Waals surface area contributed by atoms with Gasteiger partial charge in [-0.05, 0) is 29.1 Å². The average Bonchev–Trinajstić information content (AvgIpc) is 3.32. The van der Waals surface area contributed by atoms with Crippen LogP contribution in [0.25, 0.3) is 9.88 Å². The van der Waals surface area contributed by atoms with Crippen LogP contribution in [0.15, 0.2) is 41.1 Å². The van der Waals surface area contributed by atoms with Crippen LogP contribution < -0.4 is 9.47 Å². The van der Waals surface area contributed by atoms with Gasteiger partial charge in [0.05, 0.1) is 4.88 Å². The van der Waals surface area contributed by atoms with Gasteiger partial charge in [-0.1, -0.05) is 12.1 Å². The fourth-order valence-electron chi connectivity index (χ4n) is 2.47. The molecular weight excluding hydrogens is 344 g/mol. The van der Waals surface area contributed by atoms with E-state index in [1.54, 1.807) is 23.3 Å². The minimum absolute atomic E-state index is 0.0910. The van der Waals surface area contributed by atoms with Crippen LogP contribution in [0.5, 0.6) is 11.5 Å². The summed E-state index contributed by atoms with van der Waals surface area (Å²) in [4.78, 5) is 19.8. The molecule has 0 aliphatic carbocycles. The summed E-state index contributed by atoms with van der Waals surface area (Å²) >= 11 is 3.11. The van der Waals surface area contributed by atoms with Crippen molar-refractivity contribution in [2.45, 2.75) is 6.54 Å². The monoisotopic (exact) mass is 358 g/mol. The summed E-state index contributed by atoms with van der Waals surface area (Å²) in [5.74, 6) is 1.38. The highest BCUT2D eigenvalue weighted by Crippen LogP contribution is 2.33. The van der Waals surface area contributed by atoms with Gasteiger partial charge >= 0.3 is 0 Å². The van der Waals surface area contributed by atoms with E-state index in [0.717, 1.165) is 26.9 Å². The van der Waals surface area contributed by atoms with E-state index in [1.807, 2.05) is 41.1 Å². The third-order valence-corrected chi connectivity index (χ3v) is 5.54. The van der Waals surface area contributed by atoms with Crippen LogP contribution in [0.3, 0.4) is 0 Å². The zero-order chi connectivity index (χ0) is 16.5. The third-order valence-electron chi connectivity index (χ3n) is 3.66. The second-order valence-corrected chi connectivity index (χ2v) is 7.17. The van der Waals surface area contributed by atoms with Crippen LogP contribution in [-0.4, -0.2) is 29.6 Å². The van der Waals surface area contributed by atoms with Crippen LogP contribution in [0.4, 0.5) is 0 Å². The van der Waals surface area contributed by atoms with Gasteiger partial charge in [0.1, 0.15) is 10.7 Å². The molecule has 122 valence electrons. The minimum atomic E-state index is -0.0910. The molecule has 5 nitrogen and oxygen atoms in total. The van der Waals surface area contributed by atoms with E-state index < -0.39 is 0 Å². The average molecular weight is 358 g/mol. The number of thiazole rings is 1.